The Morgan fingerprint density at radius 3 is 2.42 bits per heavy atom. The van der Waals surface area contributed by atoms with Gasteiger partial charge in [0.1, 0.15) is 23.3 Å². The van der Waals surface area contributed by atoms with Crippen LogP contribution in [0.2, 0.25) is 5.02 Å². The summed E-state index contributed by atoms with van der Waals surface area (Å²) in [5, 5.41) is 1.69. The molecule has 0 saturated carbocycles. The van der Waals surface area contributed by atoms with Crippen molar-refractivity contribution in [2.75, 3.05) is 20.3 Å². The molecule has 0 saturated heterocycles. The fourth-order valence-electron chi connectivity index (χ4n) is 4.51. The number of aromatic nitrogens is 1. The molecule has 0 fully saturated rings. The van der Waals surface area contributed by atoms with E-state index in [4.69, 9.17) is 31.5 Å². The lowest BCUT2D eigenvalue weighted by molar-refractivity contribution is -0.119. The van der Waals surface area contributed by atoms with E-state index in [1.54, 1.807) is 48.4 Å². The molecule has 1 aliphatic heterocycles. The highest BCUT2D eigenvalue weighted by Crippen LogP contribution is 2.40. The lowest BCUT2D eigenvalue weighted by atomic mass is 9.92. The summed E-state index contributed by atoms with van der Waals surface area (Å²) in [5.41, 5.74) is 8.99. The highest BCUT2D eigenvalue weighted by Gasteiger charge is 2.35. The smallest absolute Gasteiger partial charge is 0.416 e. The standard InChI is InChI=1S/C27H24ClN3O5/c1-34-18-7-9-20(10-8-18)36-27(33)31-13-12-21-22-14-17(28)4-11-23(22)30-25(21)26(31)16-2-5-19(6-3-16)35-15-24(29)32/h2-11,14,26,30H,12-13,15H2,1H3,(H2,29,32). The number of benzene rings is 3. The zero-order chi connectivity index (χ0) is 25.2. The predicted octanol–water partition coefficient (Wildman–Crippen LogP) is 4.84. The maximum Gasteiger partial charge on any atom is 0.416 e. The molecule has 184 valence electrons. The Hall–Kier alpha value is -4.17. The molecule has 5 rings (SSSR count). The third kappa shape index (κ3) is 4.67. The van der Waals surface area contributed by atoms with Crippen molar-refractivity contribution in [1.82, 2.24) is 9.88 Å². The molecule has 4 aromatic rings. The van der Waals surface area contributed by atoms with Crippen molar-refractivity contribution in [2.24, 2.45) is 5.73 Å². The summed E-state index contributed by atoms with van der Waals surface area (Å²) < 4.78 is 16.3. The number of ether oxygens (including phenoxy) is 3. The molecule has 1 aromatic heterocycles. The van der Waals surface area contributed by atoms with E-state index in [1.807, 2.05) is 30.3 Å². The van der Waals surface area contributed by atoms with Gasteiger partial charge < -0.3 is 24.9 Å². The van der Waals surface area contributed by atoms with Gasteiger partial charge in [0.05, 0.1) is 7.11 Å². The number of amides is 2. The van der Waals surface area contributed by atoms with E-state index in [0.29, 0.717) is 35.2 Å². The fourth-order valence-corrected chi connectivity index (χ4v) is 4.68. The lowest BCUT2D eigenvalue weighted by Gasteiger charge is -2.35. The van der Waals surface area contributed by atoms with Crippen LogP contribution in [0.5, 0.6) is 17.2 Å². The molecule has 1 unspecified atom stereocenters. The second kappa shape index (κ2) is 9.83. The molecule has 8 nitrogen and oxygen atoms in total. The van der Waals surface area contributed by atoms with Gasteiger partial charge in [-0.15, -0.1) is 0 Å². The largest absolute Gasteiger partial charge is 0.497 e. The minimum Gasteiger partial charge on any atom is -0.497 e. The first-order valence-corrected chi connectivity index (χ1v) is 11.7. The Morgan fingerprint density at radius 1 is 1.03 bits per heavy atom. The number of halogens is 1. The number of rotatable bonds is 6. The van der Waals surface area contributed by atoms with E-state index in [2.05, 4.69) is 4.98 Å². The van der Waals surface area contributed by atoms with Crippen LogP contribution in [0.15, 0.2) is 66.7 Å². The van der Waals surface area contributed by atoms with Gasteiger partial charge in [-0.1, -0.05) is 23.7 Å². The highest BCUT2D eigenvalue weighted by molar-refractivity contribution is 6.31. The monoisotopic (exact) mass is 505 g/mol. The summed E-state index contributed by atoms with van der Waals surface area (Å²) in [5.74, 6) is 1.04. The van der Waals surface area contributed by atoms with E-state index in [-0.39, 0.29) is 6.61 Å². The zero-order valence-electron chi connectivity index (χ0n) is 19.5. The molecule has 0 aliphatic carbocycles. The maximum absolute atomic E-state index is 13.4. The van der Waals surface area contributed by atoms with Gasteiger partial charge in [-0.05, 0) is 72.1 Å². The predicted molar refractivity (Wildman–Crippen MR) is 136 cm³/mol. The number of nitrogens with one attached hydrogen (secondary N) is 1. The number of carbonyl (C=O) groups is 2. The molecule has 2 amide bonds. The number of H-pyrrole nitrogens is 1. The van der Waals surface area contributed by atoms with Crippen LogP contribution in [0.3, 0.4) is 0 Å². The molecule has 0 radical (unpaired) electrons. The van der Waals surface area contributed by atoms with Crippen LogP contribution in [-0.4, -0.2) is 42.1 Å². The Morgan fingerprint density at radius 2 is 1.72 bits per heavy atom. The number of aromatic amines is 1. The van der Waals surface area contributed by atoms with Crippen molar-refractivity contribution in [1.29, 1.82) is 0 Å². The number of methoxy groups -OCH3 is 1. The van der Waals surface area contributed by atoms with Gasteiger partial charge >= 0.3 is 6.09 Å². The first-order valence-electron chi connectivity index (χ1n) is 11.4. The van der Waals surface area contributed by atoms with Crippen molar-refractivity contribution in [3.8, 4) is 17.2 Å². The van der Waals surface area contributed by atoms with Gasteiger partial charge in [-0.2, -0.15) is 0 Å². The van der Waals surface area contributed by atoms with Gasteiger partial charge in [-0.3, -0.25) is 9.69 Å². The molecule has 0 spiro atoms. The van der Waals surface area contributed by atoms with Gasteiger partial charge in [0.2, 0.25) is 0 Å². The Kier molecular flexibility index (Phi) is 6.43. The minimum atomic E-state index is -0.555. The second-order valence-electron chi connectivity index (χ2n) is 8.42. The Bertz CT molecular complexity index is 1420. The number of hydrogen-bond donors (Lipinski definition) is 2. The summed E-state index contributed by atoms with van der Waals surface area (Å²) in [6.45, 7) is 0.238. The number of primary amides is 1. The summed E-state index contributed by atoms with van der Waals surface area (Å²) in [4.78, 5) is 29.6. The van der Waals surface area contributed by atoms with Crippen molar-refractivity contribution in [2.45, 2.75) is 12.5 Å². The molecule has 9 heteroatoms. The molecule has 1 atom stereocenters. The first kappa shape index (κ1) is 23.6. The average Bonchev–Trinajstić information content (AvgIpc) is 3.25. The SMILES string of the molecule is COc1ccc(OC(=O)N2CCc3c([nH]c4ccc(Cl)cc34)C2c2ccc(OCC(N)=O)cc2)cc1. The van der Waals surface area contributed by atoms with E-state index in [9.17, 15) is 9.59 Å². The van der Waals surface area contributed by atoms with E-state index >= 15 is 0 Å². The zero-order valence-corrected chi connectivity index (χ0v) is 20.2. The summed E-state index contributed by atoms with van der Waals surface area (Å²) in [7, 11) is 1.58. The normalized spacial score (nSPS) is 14.8. The van der Waals surface area contributed by atoms with Crippen LogP contribution in [0.1, 0.15) is 22.9 Å². The first-order chi connectivity index (χ1) is 17.4. The van der Waals surface area contributed by atoms with Crippen molar-refractivity contribution >= 4 is 34.5 Å². The second-order valence-corrected chi connectivity index (χ2v) is 8.86. The summed E-state index contributed by atoms with van der Waals surface area (Å²) in [6.07, 6.45) is 0.172. The quantitative estimate of drug-likeness (QED) is 0.390. The number of fused-ring (bicyclic) bond motifs is 3. The topological polar surface area (TPSA) is 107 Å². The number of carbonyl (C=O) groups excluding carboxylic acids is 2. The lowest BCUT2D eigenvalue weighted by Crippen LogP contribution is -2.42. The molecule has 1 aliphatic rings. The van der Waals surface area contributed by atoms with Crippen molar-refractivity contribution in [3.63, 3.8) is 0 Å². The van der Waals surface area contributed by atoms with E-state index in [1.165, 1.54) is 0 Å². The van der Waals surface area contributed by atoms with Gasteiger partial charge in [0.15, 0.2) is 6.61 Å². The van der Waals surface area contributed by atoms with Crippen molar-refractivity contribution in [3.05, 3.63) is 88.6 Å². The molecule has 36 heavy (non-hydrogen) atoms. The number of nitrogens with zero attached hydrogens (tertiary/aromatic N) is 1. The molecule has 0 bridgehead atoms. The number of hydrogen-bond acceptors (Lipinski definition) is 5. The molecular formula is C27H24ClN3O5. The van der Waals surface area contributed by atoms with Crippen LogP contribution in [-0.2, 0) is 11.2 Å². The average molecular weight is 506 g/mol. The molecular weight excluding hydrogens is 482 g/mol. The van der Waals surface area contributed by atoms with Crippen LogP contribution in [0.4, 0.5) is 4.79 Å². The summed E-state index contributed by atoms with van der Waals surface area (Å²) in [6, 6.07) is 19.4. The van der Waals surface area contributed by atoms with Crippen molar-refractivity contribution < 1.29 is 23.8 Å². The van der Waals surface area contributed by atoms with Crippen LogP contribution >= 0.6 is 11.6 Å². The van der Waals surface area contributed by atoms with E-state index in [0.717, 1.165) is 27.7 Å². The van der Waals surface area contributed by atoms with Gasteiger partial charge in [0, 0.05) is 28.2 Å². The third-order valence-corrected chi connectivity index (χ3v) is 6.40. The Balaban J connectivity index is 1.51. The van der Waals surface area contributed by atoms with Gasteiger partial charge in [-0.25, -0.2) is 4.79 Å². The third-order valence-electron chi connectivity index (χ3n) is 6.17. The van der Waals surface area contributed by atoms with Gasteiger partial charge in [0.25, 0.3) is 5.91 Å². The maximum atomic E-state index is 13.4. The molecule has 3 aromatic carbocycles. The fraction of sp³-hybridized carbons (Fsp3) is 0.185. The van der Waals surface area contributed by atoms with Crippen LogP contribution in [0, 0.1) is 0 Å². The molecule has 3 N–H and O–H groups in total. The van der Waals surface area contributed by atoms with Crippen LogP contribution in [0.25, 0.3) is 10.9 Å². The van der Waals surface area contributed by atoms with E-state index < -0.39 is 18.0 Å². The molecule has 2 heterocycles. The minimum absolute atomic E-state index is 0.212. The summed E-state index contributed by atoms with van der Waals surface area (Å²) >= 11 is 6.28. The Labute approximate surface area is 212 Å². The number of nitrogens with two attached hydrogens (primary N) is 1. The highest BCUT2D eigenvalue weighted by atomic mass is 35.5. The van der Waals surface area contributed by atoms with Crippen LogP contribution < -0.4 is 19.9 Å².